The molecule has 1 saturated heterocycles. The molecule has 4 aromatic rings. The average Bonchev–Trinajstić information content (AvgIpc) is 2.92. The molecule has 1 aliphatic heterocycles. The summed E-state index contributed by atoms with van der Waals surface area (Å²) >= 11 is 0. The van der Waals surface area contributed by atoms with Crippen LogP contribution in [0.15, 0.2) is 72.9 Å². The first kappa shape index (κ1) is 26.8. The third kappa shape index (κ3) is 6.80. The molecule has 3 aromatic carbocycles. The molecule has 0 bridgehead atoms. The third-order valence-corrected chi connectivity index (χ3v) is 7.06. The second-order valence-electron chi connectivity index (χ2n) is 11.3. The molecular weight excluding hydrogens is 484 g/mol. The normalized spacial score (nSPS) is 14.9. The molecule has 1 aromatic heterocycles. The highest BCUT2D eigenvalue weighted by Gasteiger charge is 2.17. The number of hydrogen-bond acceptors (Lipinski definition) is 6. The van der Waals surface area contributed by atoms with Crippen LogP contribution in [0, 0.1) is 0 Å². The van der Waals surface area contributed by atoms with Crippen molar-refractivity contribution in [1.29, 1.82) is 0 Å². The van der Waals surface area contributed by atoms with Crippen molar-refractivity contribution in [2.75, 3.05) is 38.0 Å². The van der Waals surface area contributed by atoms with Gasteiger partial charge in [0, 0.05) is 66.7 Å². The Hall–Kier alpha value is -3.81. The molecular formula is C32H38N6O. The van der Waals surface area contributed by atoms with Crippen molar-refractivity contribution in [2.45, 2.75) is 39.8 Å². The Morgan fingerprint density at radius 3 is 2.36 bits per heavy atom. The monoisotopic (exact) mass is 522 g/mol. The van der Waals surface area contributed by atoms with E-state index in [4.69, 9.17) is 4.98 Å². The molecule has 7 heteroatoms. The molecule has 0 spiro atoms. The zero-order valence-electron chi connectivity index (χ0n) is 23.4. The minimum absolute atomic E-state index is 0.0776. The molecule has 7 nitrogen and oxygen atoms in total. The molecule has 5 rings (SSSR count). The summed E-state index contributed by atoms with van der Waals surface area (Å²) in [5, 5.41) is 7.39. The number of para-hydroxylation sites is 1. The number of rotatable bonds is 7. The minimum atomic E-state index is -0.282. The van der Waals surface area contributed by atoms with Gasteiger partial charge in [-0.2, -0.15) is 0 Å². The summed E-state index contributed by atoms with van der Waals surface area (Å²) in [5.74, 6) is 0.482. The lowest BCUT2D eigenvalue weighted by Crippen LogP contribution is -2.45. The number of carbonyl (C=O) groups is 1. The topological polar surface area (TPSA) is 73.4 Å². The van der Waals surface area contributed by atoms with Crippen molar-refractivity contribution in [3.05, 3.63) is 84.1 Å². The lowest BCUT2D eigenvalue weighted by Gasteiger charge is -2.34. The lowest BCUT2D eigenvalue weighted by atomic mass is 10.0. The zero-order valence-corrected chi connectivity index (χ0v) is 23.4. The van der Waals surface area contributed by atoms with Crippen LogP contribution in [-0.4, -0.2) is 63.9 Å². The summed E-state index contributed by atoms with van der Waals surface area (Å²) < 4.78 is 0. The molecule has 0 unspecified atom stereocenters. The first-order valence-electron chi connectivity index (χ1n) is 13.8. The maximum Gasteiger partial charge on any atom is 0.251 e. The quantitative estimate of drug-likeness (QED) is 0.324. The van der Waals surface area contributed by atoms with E-state index in [1.807, 2.05) is 63.4 Å². The summed E-state index contributed by atoms with van der Waals surface area (Å²) in [6.07, 6.45) is 1.86. The SMILES string of the molecule is CCN1CCN(Cc2cccc(Nc3ncc4cccc(-c5ccc(C(=O)NC(C)(C)C)cc5)c4n3)c2)CC1. The van der Waals surface area contributed by atoms with Crippen LogP contribution in [-0.2, 0) is 6.54 Å². The van der Waals surface area contributed by atoms with Gasteiger partial charge in [-0.25, -0.2) is 9.97 Å². The summed E-state index contributed by atoms with van der Waals surface area (Å²) in [4.78, 5) is 27.0. The second-order valence-corrected chi connectivity index (χ2v) is 11.3. The predicted molar refractivity (Wildman–Crippen MR) is 159 cm³/mol. The van der Waals surface area contributed by atoms with Crippen molar-refractivity contribution in [3.8, 4) is 11.1 Å². The van der Waals surface area contributed by atoms with Crippen molar-refractivity contribution in [3.63, 3.8) is 0 Å². The van der Waals surface area contributed by atoms with Crippen molar-refractivity contribution >= 4 is 28.4 Å². The smallest absolute Gasteiger partial charge is 0.251 e. The van der Waals surface area contributed by atoms with E-state index < -0.39 is 0 Å². The fourth-order valence-corrected chi connectivity index (χ4v) is 4.96. The summed E-state index contributed by atoms with van der Waals surface area (Å²) in [6.45, 7) is 14.7. The number of hydrogen-bond donors (Lipinski definition) is 2. The molecule has 0 aliphatic carbocycles. The van der Waals surface area contributed by atoms with Crippen LogP contribution in [0.4, 0.5) is 11.6 Å². The number of nitrogens with zero attached hydrogens (tertiary/aromatic N) is 4. The number of nitrogens with one attached hydrogen (secondary N) is 2. The Bertz CT molecular complexity index is 1440. The standard InChI is InChI=1S/C32H38N6O/c1-5-37-16-18-38(19-17-37)22-23-8-6-10-27(20-23)34-31-33-21-26-9-7-11-28(29(26)35-31)24-12-14-25(15-13-24)30(39)36-32(2,3)4/h6-15,20-21H,5,16-19,22H2,1-4H3,(H,36,39)(H,33,34,35). The van der Waals surface area contributed by atoms with E-state index in [9.17, 15) is 4.79 Å². The van der Waals surface area contributed by atoms with Gasteiger partial charge in [0.2, 0.25) is 5.95 Å². The van der Waals surface area contributed by atoms with E-state index in [0.29, 0.717) is 11.5 Å². The molecule has 0 radical (unpaired) electrons. The van der Waals surface area contributed by atoms with Crippen LogP contribution in [0.1, 0.15) is 43.6 Å². The number of aromatic nitrogens is 2. The highest BCUT2D eigenvalue weighted by molar-refractivity contribution is 5.97. The van der Waals surface area contributed by atoms with E-state index in [1.54, 1.807) is 0 Å². The van der Waals surface area contributed by atoms with E-state index in [-0.39, 0.29) is 11.4 Å². The fraction of sp³-hybridized carbons (Fsp3) is 0.344. The number of anilines is 2. The van der Waals surface area contributed by atoms with Gasteiger partial charge in [0.15, 0.2) is 0 Å². The molecule has 2 heterocycles. The molecule has 39 heavy (non-hydrogen) atoms. The second kappa shape index (κ2) is 11.5. The maximum absolute atomic E-state index is 12.6. The molecule has 1 aliphatic rings. The van der Waals surface area contributed by atoms with Crippen LogP contribution in [0.2, 0.25) is 0 Å². The largest absolute Gasteiger partial charge is 0.347 e. The van der Waals surface area contributed by atoms with Gasteiger partial charge in [-0.05, 0) is 62.7 Å². The summed E-state index contributed by atoms with van der Waals surface area (Å²) in [5.41, 5.74) is 5.48. The summed E-state index contributed by atoms with van der Waals surface area (Å²) in [6, 6.07) is 22.3. The minimum Gasteiger partial charge on any atom is -0.347 e. The van der Waals surface area contributed by atoms with Gasteiger partial charge < -0.3 is 15.5 Å². The lowest BCUT2D eigenvalue weighted by molar-refractivity contribution is 0.0919. The molecule has 1 fully saturated rings. The molecule has 1 amide bonds. The van der Waals surface area contributed by atoms with Gasteiger partial charge >= 0.3 is 0 Å². The fourth-order valence-electron chi connectivity index (χ4n) is 4.96. The van der Waals surface area contributed by atoms with Crippen LogP contribution < -0.4 is 10.6 Å². The van der Waals surface area contributed by atoms with Gasteiger partial charge in [-0.3, -0.25) is 9.69 Å². The van der Waals surface area contributed by atoms with Crippen LogP contribution in [0.3, 0.4) is 0 Å². The van der Waals surface area contributed by atoms with Crippen molar-refractivity contribution < 1.29 is 4.79 Å². The highest BCUT2D eigenvalue weighted by Crippen LogP contribution is 2.29. The predicted octanol–water partition coefficient (Wildman–Crippen LogP) is 5.71. The number of carbonyl (C=O) groups excluding carboxylic acids is 1. The number of benzene rings is 3. The van der Waals surface area contributed by atoms with Gasteiger partial charge in [-0.1, -0.05) is 49.4 Å². The van der Waals surface area contributed by atoms with Gasteiger partial charge in [0.05, 0.1) is 5.52 Å². The molecule has 0 saturated carbocycles. The van der Waals surface area contributed by atoms with E-state index in [1.165, 1.54) is 5.56 Å². The Morgan fingerprint density at radius 1 is 0.923 bits per heavy atom. The molecule has 202 valence electrons. The van der Waals surface area contributed by atoms with Crippen LogP contribution in [0.5, 0.6) is 0 Å². The van der Waals surface area contributed by atoms with E-state index >= 15 is 0 Å². The van der Waals surface area contributed by atoms with Gasteiger partial charge in [-0.15, -0.1) is 0 Å². The highest BCUT2D eigenvalue weighted by atomic mass is 16.1. The first-order valence-corrected chi connectivity index (χ1v) is 13.8. The van der Waals surface area contributed by atoms with Gasteiger partial charge in [0.1, 0.15) is 0 Å². The molecule has 2 N–H and O–H groups in total. The Labute approximate surface area is 231 Å². The van der Waals surface area contributed by atoms with Gasteiger partial charge in [0.25, 0.3) is 5.91 Å². The van der Waals surface area contributed by atoms with Crippen molar-refractivity contribution in [2.24, 2.45) is 0 Å². The Kier molecular flexibility index (Phi) is 7.91. The number of piperazine rings is 1. The first-order chi connectivity index (χ1) is 18.8. The van der Waals surface area contributed by atoms with Crippen LogP contribution in [0.25, 0.3) is 22.0 Å². The van der Waals surface area contributed by atoms with E-state index in [2.05, 4.69) is 62.7 Å². The Morgan fingerprint density at radius 2 is 1.64 bits per heavy atom. The van der Waals surface area contributed by atoms with Crippen LogP contribution >= 0.6 is 0 Å². The Balaban J connectivity index is 1.33. The number of fused-ring (bicyclic) bond motifs is 1. The van der Waals surface area contributed by atoms with E-state index in [0.717, 1.165) is 67.0 Å². The number of amides is 1. The molecule has 0 atom stereocenters. The third-order valence-electron chi connectivity index (χ3n) is 7.06. The average molecular weight is 523 g/mol. The maximum atomic E-state index is 12.6. The zero-order chi connectivity index (χ0) is 27.4. The number of likely N-dealkylation sites (N-methyl/N-ethyl adjacent to an activating group) is 1. The summed E-state index contributed by atoms with van der Waals surface area (Å²) in [7, 11) is 0. The van der Waals surface area contributed by atoms with Crippen molar-refractivity contribution in [1.82, 2.24) is 25.1 Å².